The second kappa shape index (κ2) is 11.5. The van der Waals surface area contributed by atoms with Crippen molar-refractivity contribution in [2.24, 2.45) is 5.73 Å². The zero-order valence-electron chi connectivity index (χ0n) is 22.2. The summed E-state index contributed by atoms with van der Waals surface area (Å²) in [6.45, 7) is 1.80. The molecule has 0 unspecified atom stereocenters. The van der Waals surface area contributed by atoms with E-state index in [1.165, 1.54) is 5.56 Å². The van der Waals surface area contributed by atoms with Gasteiger partial charge in [-0.05, 0) is 48.3 Å². The summed E-state index contributed by atoms with van der Waals surface area (Å²) in [5.74, 6) is 2.19. The predicted molar refractivity (Wildman–Crippen MR) is 152 cm³/mol. The van der Waals surface area contributed by atoms with Crippen molar-refractivity contribution in [3.05, 3.63) is 72.9 Å². The number of rotatable bonds is 10. The molecule has 4 aromatic heterocycles. The van der Waals surface area contributed by atoms with Gasteiger partial charge in [-0.3, -0.25) is 15.0 Å². The Bertz CT molecular complexity index is 1600. The second-order valence-corrected chi connectivity index (χ2v) is 9.37. The first-order chi connectivity index (χ1) is 18.9. The number of pyridine rings is 4. The number of hydrogen-bond donors (Lipinski definition) is 2. The highest BCUT2D eigenvalue weighted by atomic mass is 16.5. The quantitative estimate of drug-likeness (QED) is 0.260. The normalized spacial score (nSPS) is 12.1. The maximum atomic E-state index is 6.37. The number of nitrogen functional groups attached to an aromatic ring is 1. The lowest BCUT2D eigenvalue weighted by Crippen LogP contribution is -2.39. The Hall–Kier alpha value is -4.54. The lowest BCUT2D eigenvalue weighted by atomic mass is 10.0. The Morgan fingerprint density at radius 1 is 0.897 bits per heavy atom. The third-order valence-electron chi connectivity index (χ3n) is 6.43. The van der Waals surface area contributed by atoms with Crippen LogP contribution in [0.2, 0.25) is 0 Å². The molecular weight excluding hydrogens is 494 g/mol. The molecule has 0 spiro atoms. The second-order valence-electron chi connectivity index (χ2n) is 9.37. The molecule has 0 aliphatic rings. The van der Waals surface area contributed by atoms with Gasteiger partial charge in [0.15, 0.2) is 11.5 Å². The Morgan fingerprint density at radius 2 is 1.67 bits per heavy atom. The zero-order chi connectivity index (χ0) is 27.4. The molecule has 5 aromatic rings. The first kappa shape index (κ1) is 26.1. The van der Waals surface area contributed by atoms with Gasteiger partial charge in [-0.15, -0.1) is 0 Å². The van der Waals surface area contributed by atoms with Crippen LogP contribution in [0.1, 0.15) is 5.56 Å². The van der Waals surface area contributed by atoms with Gasteiger partial charge >= 0.3 is 0 Å². The molecule has 0 saturated heterocycles. The highest BCUT2D eigenvalue weighted by molar-refractivity contribution is 6.10. The van der Waals surface area contributed by atoms with Crippen molar-refractivity contribution < 1.29 is 14.2 Å². The van der Waals surface area contributed by atoms with Crippen LogP contribution >= 0.6 is 0 Å². The molecule has 0 aliphatic heterocycles. The topological polar surface area (TPSA) is 135 Å². The molecule has 39 heavy (non-hydrogen) atoms. The summed E-state index contributed by atoms with van der Waals surface area (Å²) in [4.78, 5) is 19.8. The van der Waals surface area contributed by atoms with Gasteiger partial charge in [-0.25, -0.2) is 4.98 Å². The average Bonchev–Trinajstić information content (AvgIpc) is 2.95. The van der Waals surface area contributed by atoms with Gasteiger partial charge < -0.3 is 30.6 Å². The number of hydrogen-bond acceptors (Lipinski definition) is 10. The Balaban J connectivity index is 1.36. The molecule has 200 valence electrons. The molecule has 0 radical (unpaired) electrons. The molecule has 5 rings (SSSR count). The molecule has 0 bridgehead atoms. The van der Waals surface area contributed by atoms with Crippen LogP contribution in [-0.2, 0) is 6.54 Å². The van der Waals surface area contributed by atoms with E-state index < -0.39 is 0 Å². The van der Waals surface area contributed by atoms with Crippen LogP contribution in [0.4, 0.5) is 5.82 Å². The van der Waals surface area contributed by atoms with Crippen molar-refractivity contribution in [1.82, 2.24) is 24.8 Å². The lowest BCUT2D eigenvalue weighted by Gasteiger charge is -2.21. The van der Waals surface area contributed by atoms with Gasteiger partial charge in [-0.2, -0.15) is 0 Å². The smallest absolute Gasteiger partial charge is 0.162 e. The number of methoxy groups -OCH3 is 2. The standard InChI is InChI=1S/C29H31N7O3/c1-36(15-18-4-6-32-7-5-18)16-20(30)17-39-21-8-19(12-33-13-21)25-9-22-23-10-27(37-2)28(38-3)11-26(23)34-14-24(22)29(31)35-25/h4-14,20H,15-17,30H2,1-3H3,(H2,31,35)/t20-/m0/s1. The Kier molecular flexibility index (Phi) is 7.67. The number of likely N-dealkylation sites (N-methyl/N-ethyl adjacent to an activating group) is 1. The maximum absolute atomic E-state index is 6.37. The van der Waals surface area contributed by atoms with Crippen LogP contribution < -0.4 is 25.7 Å². The summed E-state index contributed by atoms with van der Waals surface area (Å²) < 4.78 is 16.9. The van der Waals surface area contributed by atoms with Crippen LogP contribution in [0.15, 0.2) is 67.4 Å². The Morgan fingerprint density at radius 3 is 2.44 bits per heavy atom. The fraction of sp³-hybridized carbons (Fsp3) is 0.241. The van der Waals surface area contributed by atoms with Crippen molar-refractivity contribution in [2.45, 2.75) is 12.6 Å². The van der Waals surface area contributed by atoms with E-state index in [2.05, 4.69) is 24.8 Å². The minimum absolute atomic E-state index is 0.180. The van der Waals surface area contributed by atoms with Gasteiger partial charge in [-0.1, -0.05) is 0 Å². The predicted octanol–water partition coefficient (Wildman–Crippen LogP) is 3.68. The van der Waals surface area contributed by atoms with E-state index in [1.54, 1.807) is 45.2 Å². The summed E-state index contributed by atoms with van der Waals surface area (Å²) in [6, 6.07) is 11.4. The molecule has 0 fully saturated rings. The van der Waals surface area contributed by atoms with Gasteiger partial charge in [0.1, 0.15) is 18.2 Å². The minimum atomic E-state index is -0.180. The lowest BCUT2D eigenvalue weighted by molar-refractivity contribution is 0.232. The van der Waals surface area contributed by atoms with Gasteiger partial charge in [0.2, 0.25) is 0 Å². The molecule has 1 aromatic carbocycles. The van der Waals surface area contributed by atoms with Crippen LogP contribution in [0.25, 0.3) is 32.9 Å². The monoisotopic (exact) mass is 525 g/mol. The van der Waals surface area contributed by atoms with Crippen LogP contribution in [-0.4, -0.2) is 65.3 Å². The first-order valence-electron chi connectivity index (χ1n) is 12.5. The van der Waals surface area contributed by atoms with E-state index >= 15 is 0 Å². The third kappa shape index (κ3) is 5.82. The zero-order valence-corrected chi connectivity index (χ0v) is 22.2. The number of fused-ring (bicyclic) bond motifs is 3. The highest BCUT2D eigenvalue weighted by Crippen LogP contribution is 2.37. The third-order valence-corrected chi connectivity index (χ3v) is 6.43. The summed E-state index contributed by atoms with van der Waals surface area (Å²) in [7, 11) is 5.23. The number of nitrogens with two attached hydrogens (primary N) is 2. The summed E-state index contributed by atoms with van der Waals surface area (Å²) >= 11 is 0. The molecule has 10 nitrogen and oxygen atoms in total. The molecule has 10 heteroatoms. The van der Waals surface area contributed by atoms with E-state index in [9.17, 15) is 0 Å². The van der Waals surface area contributed by atoms with Crippen molar-refractivity contribution in [1.29, 1.82) is 0 Å². The molecule has 1 atom stereocenters. The maximum Gasteiger partial charge on any atom is 0.162 e. The van der Waals surface area contributed by atoms with E-state index in [1.807, 2.05) is 43.4 Å². The first-order valence-corrected chi connectivity index (χ1v) is 12.5. The van der Waals surface area contributed by atoms with E-state index in [0.717, 1.165) is 33.8 Å². The molecule has 0 aliphatic carbocycles. The van der Waals surface area contributed by atoms with E-state index in [4.69, 9.17) is 25.7 Å². The van der Waals surface area contributed by atoms with Crippen molar-refractivity contribution in [3.63, 3.8) is 0 Å². The average molecular weight is 526 g/mol. The van der Waals surface area contributed by atoms with Gasteiger partial charge in [0, 0.05) is 60.3 Å². The minimum Gasteiger partial charge on any atom is -0.493 e. The van der Waals surface area contributed by atoms with Crippen molar-refractivity contribution in [2.75, 3.05) is 40.2 Å². The molecule has 4 N–H and O–H groups in total. The van der Waals surface area contributed by atoms with Crippen molar-refractivity contribution >= 4 is 27.5 Å². The fourth-order valence-corrected chi connectivity index (χ4v) is 4.56. The van der Waals surface area contributed by atoms with Crippen LogP contribution in [0.3, 0.4) is 0 Å². The van der Waals surface area contributed by atoms with Crippen molar-refractivity contribution in [3.8, 4) is 28.5 Å². The van der Waals surface area contributed by atoms with E-state index in [-0.39, 0.29) is 6.04 Å². The van der Waals surface area contributed by atoms with Gasteiger partial charge in [0.25, 0.3) is 0 Å². The number of anilines is 1. The molecule has 0 amide bonds. The molecule has 4 heterocycles. The highest BCUT2D eigenvalue weighted by Gasteiger charge is 2.14. The number of aromatic nitrogens is 4. The number of nitrogens with zero attached hydrogens (tertiary/aromatic N) is 5. The van der Waals surface area contributed by atoms with Crippen LogP contribution in [0.5, 0.6) is 17.2 Å². The van der Waals surface area contributed by atoms with Crippen LogP contribution in [0, 0.1) is 0 Å². The largest absolute Gasteiger partial charge is 0.493 e. The molecule has 0 saturated carbocycles. The Labute approximate surface area is 226 Å². The SMILES string of the molecule is COc1cc2ncc3c(N)nc(-c4cncc(OC[C@@H](N)CN(C)Cc5ccncc5)c4)cc3c2cc1OC. The number of ether oxygens (including phenoxy) is 3. The van der Waals surface area contributed by atoms with E-state index in [0.29, 0.717) is 41.9 Å². The number of benzene rings is 1. The summed E-state index contributed by atoms with van der Waals surface area (Å²) in [5.41, 5.74) is 16.1. The molecular formula is C29H31N7O3. The fourth-order valence-electron chi connectivity index (χ4n) is 4.56. The summed E-state index contributed by atoms with van der Waals surface area (Å²) in [5, 5.41) is 2.53. The van der Waals surface area contributed by atoms with Gasteiger partial charge in [0.05, 0.1) is 37.7 Å². The summed E-state index contributed by atoms with van der Waals surface area (Å²) in [6.07, 6.45) is 8.70.